The standard InChI is InChI=1S/C14H18ClNO4S/c1-2-20-14(17)11-6-5-9-16(10-11)21(18,19)13-8-4-3-7-12(13)15/h3-4,7-8,11H,2,5-6,9-10H2,1H3/t11-/m1/s1. The normalized spacial score (nSPS) is 20.2. The third-order valence-electron chi connectivity index (χ3n) is 3.46. The number of benzene rings is 1. The topological polar surface area (TPSA) is 63.7 Å². The number of esters is 1. The van der Waals surface area contributed by atoms with E-state index in [0.717, 1.165) is 0 Å². The zero-order valence-corrected chi connectivity index (χ0v) is 13.4. The monoisotopic (exact) mass is 331 g/mol. The Morgan fingerprint density at radius 2 is 2.14 bits per heavy atom. The van der Waals surface area contributed by atoms with Crippen molar-refractivity contribution in [1.29, 1.82) is 0 Å². The quantitative estimate of drug-likeness (QED) is 0.794. The molecule has 2 rings (SSSR count). The van der Waals surface area contributed by atoms with Crippen LogP contribution in [0.5, 0.6) is 0 Å². The van der Waals surface area contributed by atoms with Gasteiger partial charge in [-0.15, -0.1) is 0 Å². The Morgan fingerprint density at radius 3 is 2.81 bits per heavy atom. The maximum atomic E-state index is 12.6. The number of rotatable bonds is 4. The second-order valence-corrected chi connectivity index (χ2v) is 7.20. The second-order valence-electron chi connectivity index (χ2n) is 4.88. The van der Waals surface area contributed by atoms with Gasteiger partial charge < -0.3 is 4.74 Å². The number of carbonyl (C=O) groups excluding carboxylic acids is 1. The summed E-state index contributed by atoms with van der Waals surface area (Å²) < 4.78 is 31.6. The summed E-state index contributed by atoms with van der Waals surface area (Å²) in [5.74, 6) is -0.743. The van der Waals surface area contributed by atoms with Crippen molar-refractivity contribution in [2.24, 2.45) is 5.92 Å². The molecule has 1 aromatic rings. The van der Waals surface area contributed by atoms with E-state index in [1.165, 1.54) is 10.4 Å². The molecule has 0 spiro atoms. The first-order valence-corrected chi connectivity index (χ1v) is 8.70. The van der Waals surface area contributed by atoms with Crippen LogP contribution in [0.3, 0.4) is 0 Å². The van der Waals surface area contributed by atoms with Gasteiger partial charge in [0, 0.05) is 13.1 Å². The van der Waals surface area contributed by atoms with E-state index in [0.29, 0.717) is 26.0 Å². The maximum absolute atomic E-state index is 12.6. The minimum absolute atomic E-state index is 0.0798. The Bertz CT molecular complexity index is 617. The lowest BCUT2D eigenvalue weighted by Crippen LogP contribution is -2.42. The van der Waals surface area contributed by atoms with Crippen LogP contribution < -0.4 is 0 Å². The molecule has 7 heteroatoms. The SMILES string of the molecule is CCOC(=O)[C@@H]1CCCN(S(=O)(=O)c2ccccc2Cl)C1. The summed E-state index contributed by atoms with van der Waals surface area (Å²) in [7, 11) is -3.68. The molecule has 1 aliphatic heterocycles. The van der Waals surface area contributed by atoms with Gasteiger partial charge in [0.2, 0.25) is 10.0 Å². The van der Waals surface area contributed by atoms with Gasteiger partial charge in [0.05, 0.1) is 17.5 Å². The Hall–Kier alpha value is -1.11. The highest BCUT2D eigenvalue weighted by atomic mass is 35.5. The summed E-state index contributed by atoms with van der Waals surface area (Å²) in [6.45, 7) is 2.57. The van der Waals surface area contributed by atoms with Crippen LogP contribution in [0.4, 0.5) is 0 Å². The molecule has 116 valence electrons. The van der Waals surface area contributed by atoms with E-state index in [1.54, 1.807) is 25.1 Å². The van der Waals surface area contributed by atoms with Crippen molar-refractivity contribution in [3.63, 3.8) is 0 Å². The fourth-order valence-electron chi connectivity index (χ4n) is 2.41. The third-order valence-corrected chi connectivity index (χ3v) is 5.82. The smallest absolute Gasteiger partial charge is 0.310 e. The molecule has 0 radical (unpaired) electrons. The predicted octanol–water partition coefficient (Wildman–Crippen LogP) is 2.30. The van der Waals surface area contributed by atoms with Crippen LogP contribution >= 0.6 is 11.6 Å². The zero-order valence-electron chi connectivity index (χ0n) is 11.8. The lowest BCUT2D eigenvalue weighted by molar-refractivity contribution is -0.149. The van der Waals surface area contributed by atoms with E-state index in [2.05, 4.69) is 0 Å². The van der Waals surface area contributed by atoms with Gasteiger partial charge in [-0.05, 0) is 31.9 Å². The average molecular weight is 332 g/mol. The van der Waals surface area contributed by atoms with E-state index < -0.39 is 15.9 Å². The molecule has 1 atom stereocenters. The average Bonchev–Trinajstić information content (AvgIpc) is 2.48. The van der Waals surface area contributed by atoms with E-state index in [1.807, 2.05) is 0 Å². The van der Waals surface area contributed by atoms with Crippen LogP contribution in [-0.4, -0.2) is 38.4 Å². The molecule has 1 aromatic carbocycles. The molecule has 0 amide bonds. The van der Waals surface area contributed by atoms with Gasteiger partial charge in [-0.3, -0.25) is 4.79 Å². The van der Waals surface area contributed by atoms with Gasteiger partial charge in [0.15, 0.2) is 0 Å². The predicted molar refractivity (Wildman–Crippen MR) is 79.6 cm³/mol. The highest BCUT2D eigenvalue weighted by Crippen LogP contribution is 2.28. The minimum atomic E-state index is -3.68. The largest absolute Gasteiger partial charge is 0.466 e. The zero-order chi connectivity index (χ0) is 15.5. The molecule has 0 aliphatic carbocycles. The number of carbonyl (C=O) groups is 1. The molecule has 1 aliphatic rings. The number of hydrogen-bond acceptors (Lipinski definition) is 4. The molecule has 0 unspecified atom stereocenters. The summed E-state index contributed by atoms with van der Waals surface area (Å²) in [6.07, 6.45) is 1.28. The van der Waals surface area contributed by atoms with Crippen LogP contribution in [0.25, 0.3) is 0 Å². The van der Waals surface area contributed by atoms with Gasteiger partial charge in [0.25, 0.3) is 0 Å². The van der Waals surface area contributed by atoms with Crippen LogP contribution in [0, 0.1) is 5.92 Å². The molecular weight excluding hydrogens is 314 g/mol. The van der Waals surface area contributed by atoms with Gasteiger partial charge in [0.1, 0.15) is 4.90 Å². The molecule has 0 aromatic heterocycles. The Morgan fingerprint density at radius 1 is 1.43 bits per heavy atom. The molecule has 0 N–H and O–H groups in total. The van der Waals surface area contributed by atoms with Crippen molar-refractivity contribution < 1.29 is 17.9 Å². The van der Waals surface area contributed by atoms with Gasteiger partial charge in [-0.1, -0.05) is 23.7 Å². The second kappa shape index (κ2) is 6.77. The van der Waals surface area contributed by atoms with Crippen molar-refractivity contribution in [2.75, 3.05) is 19.7 Å². The van der Waals surface area contributed by atoms with Crippen molar-refractivity contribution >= 4 is 27.6 Å². The fraction of sp³-hybridized carbons (Fsp3) is 0.500. The highest BCUT2D eigenvalue weighted by Gasteiger charge is 2.34. The Balaban J connectivity index is 2.21. The number of sulfonamides is 1. The molecule has 0 bridgehead atoms. The molecular formula is C14H18ClNO4S. The lowest BCUT2D eigenvalue weighted by Gasteiger charge is -2.30. The van der Waals surface area contributed by atoms with Crippen LogP contribution in [-0.2, 0) is 19.6 Å². The van der Waals surface area contributed by atoms with Crippen molar-refractivity contribution in [1.82, 2.24) is 4.31 Å². The molecule has 5 nitrogen and oxygen atoms in total. The third kappa shape index (κ3) is 3.56. The van der Waals surface area contributed by atoms with Crippen LogP contribution in [0.1, 0.15) is 19.8 Å². The van der Waals surface area contributed by atoms with Gasteiger partial charge in [-0.2, -0.15) is 4.31 Å². The summed E-state index contributed by atoms with van der Waals surface area (Å²) in [5, 5.41) is 0.191. The first-order valence-electron chi connectivity index (χ1n) is 6.88. The summed E-state index contributed by atoms with van der Waals surface area (Å²) in [4.78, 5) is 11.9. The minimum Gasteiger partial charge on any atom is -0.466 e. The Kier molecular flexibility index (Phi) is 5.24. The van der Waals surface area contributed by atoms with E-state index >= 15 is 0 Å². The van der Waals surface area contributed by atoms with Gasteiger partial charge >= 0.3 is 5.97 Å². The summed E-state index contributed by atoms with van der Waals surface area (Å²) in [6, 6.07) is 6.33. The summed E-state index contributed by atoms with van der Waals surface area (Å²) in [5.41, 5.74) is 0. The Labute approximate surface area is 129 Å². The van der Waals surface area contributed by atoms with Crippen molar-refractivity contribution in [3.8, 4) is 0 Å². The number of piperidine rings is 1. The van der Waals surface area contributed by atoms with Crippen molar-refractivity contribution in [3.05, 3.63) is 29.3 Å². The maximum Gasteiger partial charge on any atom is 0.310 e. The number of nitrogens with zero attached hydrogens (tertiary/aromatic N) is 1. The van der Waals surface area contributed by atoms with Crippen LogP contribution in [0.2, 0.25) is 5.02 Å². The van der Waals surface area contributed by atoms with Crippen LogP contribution in [0.15, 0.2) is 29.2 Å². The fourth-order valence-corrected chi connectivity index (χ4v) is 4.42. The molecule has 1 heterocycles. The van der Waals surface area contributed by atoms with Crippen molar-refractivity contribution in [2.45, 2.75) is 24.7 Å². The molecule has 1 saturated heterocycles. The lowest BCUT2D eigenvalue weighted by atomic mass is 10.0. The van der Waals surface area contributed by atoms with Gasteiger partial charge in [-0.25, -0.2) is 8.42 Å². The van der Waals surface area contributed by atoms with E-state index in [-0.39, 0.29) is 22.4 Å². The molecule has 0 saturated carbocycles. The number of ether oxygens (including phenoxy) is 1. The molecule has 21 heavy (non-hydrogen) atoms. The first kappa shape index (κ1) is 16.3. The van der Waals surface area contributed by atoms with E-state index in [4.69, 9.17) is 16.3 Å². The van der Waals surface area contributed by atoms with E-state index in [9.17, 15) is 13.2 Å². The molecule has 1 fully saturated rings. The highest BCUT2D eigenvalue weighted by molar-refractivity contribution is 7.89. The summed E-state index contributed by atoms with van der Waals surface area (Å²) >= 11 is 5.98. The first-order chi connectivity index (χ1) is 9.96. The number of halogens is 1. The number of hydrogen-bond donors (Lipinski definition) is 0.